The number of hydrogen-bond acceptors (Lipinski definition) is 5. The van der Waals surface area contributed by atoms with Gasteiger partial charge in [0.1, 0.15) is 0 Å². The Labute approximate surface area is 136 Å². The Balaban J connectivity index is 2.78. The first-order valence-electron chi connectivity index (χ1n) is 8.31. The van der Waals surface area contributed by atoms with Crippen LogP contribution in [-0.2, 0) is 13.8 Å². The SMILES string of the molecule is CCC1OC(C)C[C@@H]1OP(OCCC#N)N(C(C)C)C(C)C. The van der Waals surface area contributed by atoms with Gasteiger partial charge in [-0.25, -0.2) is 4.67 Å². The molecule has 22 heavy (non-hydrogen) atoms. The summed E-state index contributed by atoms with van der Waals surface area (Å²) in [6.07, 6.45) is 2.69. The van der Waals surface area contributed by atoms with Crippen LogP contribution in [0.5, 0.6) is 0 Å². The minimum absolute atomic E-state index is 0.0770. The van der Waals surface area contributed by atoms with E-state index in [0.29, 0.717) is 25.1 Å². The van der Waals surface area contributed by atoms with Gasteiger partial charge in [-0.05, 0) is 41.0 Å². The van der Waals surface area contributed by atoms with Gasteiger partial charge in [0.2, 0.25) is 0 Å². The zero-order valence-corrected chi connectivity index (χ0v) is 15.7. The van der Waals surface area contributed by atoms with Crippen molar-refractivity contribution in [3.05, 3.63) is 0 Å². The molecule has 1 heterocycles. The lowest BCUT2D eigenvalue weighted by Gasteiger charge is -2.37. The first-order chi connectivity index (χ1) is 10.4. The maximum Gasteiger partial charge on any atom is 0.259 e. The van der Waals surface area contributed by atoms with E-state index in [9.17, 15) is 0 Å². The lowest BCUT2D eigenvalue weighted by molar-refractivity contribution is 0.0162. The van der Waals surface area contributed by atoms with Crippen LogP contribution in [0.15, 0.2) is 0 Å². The summed E-state index contributed by atoms with van der Waals surface area (Å²) >= 11 is 0. The number of rotatable bonds is 9. The van der Waals surface area contributed by atoms with Gasteiger partial charge in [-0.15, -0.1) is 0 Å². The first-order valence-corrected chi connectivity index (χ1v) is 9.44. The van der Waals surface area contributed by atoms with E-state index in [-0.39, 0.29) is 18.3 Å². The van der Waals surface area contributed by atoms with Crippen LogP contribution in [0, 0.1) is 11.3 Å². The average molecular weight is 330 g/mol. The van der Waals surface area contributed by atoms with Gasteiger partial charge in [0, 0.05) is 18.5 Å². The third kappa shape index (κ3) is 5.76. The van der Waals surface area contributed by atoms with Crippen molar-refractivity contribution in [1.82, 2.24) is 4.67 Å². The second kappa shape index (κ2) is 9.80. The van der Waals surface area contributed by atoms with E-state index in [1.165, 1.54) is 0 Å². The van der Waals surface area contributed by atoms with Crippen LogP contribution in [-0.4, -0.2) is 41.7 Å². The minimum atomic E-state index is -1.17. The zero-order valence-electron chi connectivity index (χ0n) is 14.8. The lowest BCUT2D eigenvalue weighted by atomic mass is 10.1. The second-order valence-corrected chi connectivity index (χ2v) is 7.73. The molecule has 1 fully saturated rings. The fraction of sp³-hybridized carbons (Fsp3) is 0.938. The molecule has 1 rings (SSSR count). The van der Waals surface area contributed by atoms with Gasteiger partial charge >= 0.3 is 0 Å². The summed E-state index contributed by atoms with van der Waals surface area (Å²) in [7, 11) is -1.17. The Morgan fingerprint density at radius 1 is 1.32 bits per heavy atom. The van der Waals surface area contributed by atoms with Crippen LogP contribution in [0.2, 0.25) is 0 Å². The van der Waals surface area contributed by atoms with Crippen molar-refractivity contribution in [2.75, 3.05) is 6.61 Å². The van der Waals surface area contributed by atoms with E-state index in [1.54, 1.807) is 0 Å². The summed E-state index contributed by atoms with van der Waals surface area (Å²) in [6, 6.07) is 2.78. The smallest absolute Gasteiger partial charge is 0.259 e. The minimum Gasteiger partial charge on any atom is -0.372 e. The van der Waals surface area contributed by atoms with E-state index in [2.05, 4.69) is 52.3 Å². The summed E-state index contributed by atoms with van der Waals surface area (Å²) in [5.74, 6) is 0. The largest absolute Gasteiger partial charge is 0.372 e. The third-order valence-corrected chi connectivity index (χ3v) is 5.83. The Morgan fingerprint density at radius 3 is 2.45 bits per heavy atom. The molecule has 0 aromatic carbocycles. The van der Waals surface area contributed by atoms with Crippen molar-refractivity contribution < 1.29 is 13.8 Å². The molecular formula is C16H31N2O3P. The van der Waals surface area contributed by atoms with Gasteiger partial charge in [0.25, 0.3) is 8.53 Å². The summed E-state index contributed by atoms with van der Waals surface area (Å²) in [5, 5.41) is 8.74. The van der Waals surface area contributed by atoms with Crippen LogP contribution < -0.4 is 0 Å². The van der Waals surface area contributed by atoms with Crippen molar-refractivity contribution in [1.29, 1.82) is 5.26 Å². The molecule has 0 radical (unpaired) electrons. The number of hydrogen-bond donors (Lipinski definition) is 0. The zero-order chi connectivity index (χ0) is 16.7. The molecule has 0 saturated carbocycles. The highest BCUT2D eigenvalue weighted by Crippen LogP contribution is 2.49. The van der Waals surface area contributed by atoms with E-state index in [1.807, 2.05) is 0 Å². The molecule has 1 aliphatic heterocycles. The molecule has 0 N–H and O–H groups in total. The molecule has 6 heteroatoms. The van der Waals surface area contributed by atoms with Gasteiger partial charge < -0.3 is 13.8 Å². The van der Waals surface area contributed by atoms with E-state index < -0.39 is 8.53 Å². The third-order valence-electron chi connectivity index (χ3n) is 3.68. The van der Waals surface area contributed by atoms with Crippen molar-refractivity contribution in [3.8, 4) is 6.07 Å². The van der Waals surface area contributed by atoms with Gasteiger partial charge in [0.15, 0.2) is 0 Å². The molecule has 0 aromatic heterocycles. The molecule has 1 saturated heterocycles. The second-order valence-electron chi connectivity index (χ2n) is 6.32. The lowest BCUT2D eigenvalue weighted by Crippen LogP contribution is -2.35. The molecule has 0 aliphatic carbocycles. The quantitative estimate of drug-likeness (QED) is 0.467. The summed E-state index contributed by atoms with van der Waals surface area (Å²) in [6.45, 7) is 13.2. The van der Waals surface area contributed by atoms with Crippen molar-refractivity contribution in [2.24, 2.45) is 0 Å². The maximum atomic E-state index is 8.74. The average Bonchev–Trinajstić information content (AvgIpc) is 2.78. The predicted octanol–water partition coefficient (Wildman–Crippen LogP) is 4.23. The number of ether oxygens (including phenoxy) is 1. The summed E-state index contributed by atoms with van der Waals surface area (Å²) in [5.41, 5.74) is 0. The highest BCUT2D eigenvalue weighted by Gasteiger charge is 2.37. The van der Waals surface area contributed by atoms with Crippen molar-refractivity contribution in [3.63, 3.8) is 0 Å². The van der Waals surface area contributed by atoms with Gasteiger partial charge in [-0.2, -0.15) is 5.26 Å². The van der Waals surface area contributed by atoms with Gasteiger partial charge in [-0.1, -0.05) is 6.92 Å². The van der Waals surface area contributed by atoms with E-state index in [0.717, 1.165) is 12.8 Å². The Hall–Kier alpha value is -0.240. The fourth-order valence-electron chi connectivity index (χ4n) is 2.80. The Bertz CT molecular complexity index is 352. The molecule has 3 unspecified atom stereocenters. The van der Waals surface area contributed by atoms with Crippen LogP contribution in [0.3, 0.4) is 0 Å². The molecule has 0 amide bonds. The van der Waals surface area contributed by atoms with Crippen LogP contribution >= 0.6 is 8.53 Å². The predicted molar refractivity (Wildman–Crippen MR) is 89.3 cm³/mol. The highest BCUT2D eigenvalue weighted by atomic mass is 31.2. The summed E-state index contributed by atoms with van der Waals surface area (Å²) < 4.78 is 20.5. The van der Waals surface area contributed by atoms with Crippen LogP contribution in [0.25, 0.3) is 0 Å². The van der Waals surface area contributed by atoms with Crippen LogP contribution in [0.1, 0.15) is 60.8 Å². The highest BCUT2D eigenvalue weighted by molar-refractivity contribution is 7.44. The first kappa shape index (κ1) is 19.8. The molecule has 5 nitrogen and oxygen atoms in total. The number of nitrogens with zero attached hydrogens (tertiary/aromatic N) is 2. The van der Waals surface area contributed by atoms with E-state index >= 15 is 0 Å². The van der Waals surface area contributed by atoms with Crippen LogP contribution in [0.4, 0.5) is 0 Å². The van der Waals surface area contributed by atoms with Crippen molar-refractivity contribution in [2.45, 2.75) is 91.2 Å². The number of nitriles is 1. The molecule has 0 bridgehead atoms. The molecule has 128 valence electrons. The molecular weight excluding hydrogens is 299 g/mol. The van der Waals surface area contributed by atoms with Gasteiger partial charge in [0.05, 0.1) is 37.4 Å². The normalized spacial score (nSPS) is 26.8. The topological polar surface area (TPSA) is 54.7 Å². The Kier molecular flexibility index (Phi) is 8.82. The molecule has 4 atom stereocenters. The standard InChI is InChI=1S/C16H31N2O3P/c1-7-15-16(11-14(6)20-15)21-22(19-10-8-9-17)18(12(2)3)13(4)5/h12-16H,7-8,10-11H2,1-6H3/t14?,15?,16-,22?/m0/s1. The van der Waals surface area contributed by atoms with Gasteiger partial charge in [-0.3, -0.25) is 0 Å². The molecule has 0 aromatic rings. The monoisotopic (exact) mass is 330 g/mol. The summed E-state index contributed by atoms with van der Waals surface area (Å²) in [4.78, 5) is 0. The van der Waals surface area contributed by atoms with E-state index in [4.69, 9.17) is 19.0 Å². The maximum absolute atomic E-state index is 8.74. The van der Waals surface area contributed by atoms with Crippen molar-refractivity contribution >= 4 is 8.53 Å². The molecule has 1 aliphatic rings. The Morgan fingerprint density at radius 2 is 1.95 bits per heavy atom. The fourth-order valence-corrected chi connectivity index (χ4v) is 4.56. The molecule has 0 spiro atoms.